The van der Waals surface area contributed by atoms with Crippen molar-refractivity contribution in [3.8, 4) is 5.75 Å². The molecule has 2 aromatic rings. The van der Waals surface area contributed by atoms with Crippen molar-refractivity contribution in [1.82, 2.24) is 10.2 Å². The second-order valence-corrected chi connectivity index (χ2v) is 7.03. The Hall–Kier alpha value is -2.37. The maximum absolute atomic E-state index is 12.5. The lowest BCUT2D eigenvalue weighted by Crippen LogP contribution is -2.37. The van der Waals surface area contributed by atoms with Crippen LogP contribution < -0.4 is 15.8 Å². The second-order valence-electron chi connectivity index (χ2n) is 7.03. The van der Waals surface area contributed by atoms with Gasteiger partial charge in [-0.3, -0.25) is 9.69 Å². The average molecular weight is 367 g/mol. The number of rotatable bonds is 8. The maximum Gasteiger partial charge on any atom is 0.221 e. The fourth-order valence-electron chi connectivity index (χ4n) is 3.73. The van der Waals surface area contributed by atoms with Crippen LogP contribution in [0, 0.1) is 0 Å². The van der Waals surface area contributed by atoms with E-state index in [-0.39, 0.29) is 24.4 Å². The lowest BCUT2D eigenvalue weighted by Gasteiger charge is -2.29. The van der Waals surface area contributed by atoms with Crippen molar-refractivity contribution in [1.29, 1.82) is 0 Å². The van der Waals surface area contributed by atoms with Gasteiger partial charge in [-0.15, -0.1) is 0 Å². The molecule has 0 aliphatic carbocycles. The van der Waals surface area contributed by atoms with E-state index >= 15 is 0 Å². The summed E-state index contributed by atoms with van der Waals surface area (Å²) in [6.07, 6.45) is 2.67. The number of ether oxygens (including phenoxy) is 1. The molecule has 0 saturated carbocycles. The molecule has 1 aliphatic rings. The Morgan fingerprint density at radius 1 is 1.11 bits per heavy atom. The molecule has 5 heteroatoms. The molecular weight excluding hydrogens is 338 g/mol. The molecule has 1 amide bonds. The Morgan fingerprint density at radius 3 is 2.48 bits per heavy atom. The number of nitrogens with zero attached hydrogens (tertiary/aromatic N) is 1. The smallest absolute Gasteiger partial charge is 0.221 e. The molecule has 27 heavy (non-hydrogen) atoms. The highest BCUT2D eigenvalue weighted by atomic mass is 16.5. The predicted molar refractivity (Wildman–Crippen MR) is 108 cm³/mol. The van der Waals surface area contributed by atoms with E-state index in [0.717, 1.165) is 30.0 Å². The predicted octanol–water partition coefficient (Wildman–Crippen LogP) is 3.04. The van der Waals surface area contributed by atoms with Crippen molar-refractivity contribution in [2.45, 2.75) is 31.3 Å². The summed E-state index contributed by atoms with van der Waals surface area (Å²) < 4.78 is 5.56. The fraction of sp³-hybridized carbons (Fsp3) is 0.409. The third-order valence-corrected chi connectivity index (χ3v) is 5.20. The summed E-state index contributed by atoms with van der Waals surface area (Å²) >= 11 is 0. The molecule has 2 aromatic carbocycles. The Bertz CT molecular complexity index is 729. The largest absolute Gasteiger partial charge is 0.496 e. The second kappa shape index (κ2) is 9.53. The Balaban J connectivity index is 1.65. The number of hydrogen-bond donors (Lipinski definition) is 2. The van der Waals surface area contributed by atoms with Crippen molar-refractivity contribution in [3.05, 3.63) is 65.7 Å². The van der Waals surface area contributed by atoms with Crippen molar-refractivity contribution in [3.63, 3.8) is 0 Å². The summed E-state index contributed by atoms with van der Waals surface area (Å²) in [5, 5.41) is 3.09. The third-order valence-electron chi connectivity index (χ3n) is 5.20. The van der Waals surface area contributed by atoms with Crippen LogP contribution in [0.15, 0.2) is 54.6 Å². The molecule has 1 fully saturated rings. The maximum atomic E-state index is 12.5. The van der Waals surface area contributed by atoms with Gasteiger partial charge in [0, 0.05) is 24.6 Å². The molecule has 0 bridgehead atoms. The number of likely N-dealkylation sites (tertiary alicyclic amines) is 1. The molecule has 0 spiro atoms. The Morgan fingerprint density at radius 2 is 1.78 bits per heavy atom. The Kier molecular flexibility index (Phi) is 6.85. The molecule has 0 aromatic heterocycles. The quantitative estimate of drug-likeness (QED) is 0.753. The van der Waals surface area contributed by atoms with E-state index in [9.17, 15) is 4.79 Å². The number of nitrogens with one attached hydrogen (secondary N) is 1. The molecular formula is C22H29N3O2. The van der Waals surface area contributed by atoms with E-state index in [1.165, 1.54) is 12.8 Å². The number of hydrogen-bond acceptors (Lipinski definition) is 4. The molecule has 2 unspecified atom stereocenters. The van der Waals surface area contributed by atoms with Gasteiger partial charge < -0.3 is 15.8 Å². The van der Waals surface area contributed by atoms with Crippen molar-refractivity contribution < 1.29 is 9.53 Å². The van der Waals surface area contributed by atoms with Gasteiger partial charge in [-0.05, 0) is 37.6 Å². The van der Waals surface area contributed by atoms with Crippen LogP contribution in [0.2, 0.25) is 0 Å². The van der Waals surface area contributed by atoms with Crippen LogP contribution in [0.5, 0.6) is 5.75 Å². The van der Waals surface area contributed by atoms with Gasteiger partial charge in [-0.2, -0.15) is 0 Å². The van der Waals surface area contributed by atoms with Gasteiger partial charge in [0.1, 0.15) is 5.75 Å². The first kappa shape index (κ1) is 19.4. The van der Waals surface area contributed by atoms with E-state index in [0.29, 0.717) is 6.54 Å². The first-order chi connectivity index (χ1) is 13.2. The average Bonchev–Trinajstić information content (AvgIpc) is 3.23. The highest BCUT2D eigenvalue weighted by Crippen LogP contribution is 2.31. The summed E-state index contributed by atoms with van der Waals surface area (Å²) in [6.45, 7) is 2.64. The number of benzene rings is 2. The molecule has 1 aliphatic heterocycles. The molecule has 5 nitrogen and oxygen atoms in total. The van der Waals surface area contributed by atoms with Gasteiger partial charge >= 0.3 is 0 Å². The first-order valence-electron chi connectivity index (χ1n) is 9.63. The zero-order chi connectivity index (χ0) is 19.1. The van der Waals surface area contributed by atoms with E-state index < -0.39 is 0 Å². The molecule has 0 radical (unpaired) electrons. The molecule has 1 saturated heterocycles. The van der Waals surface area contributed by atoms with Crippen LogP contribution in [-0.4, -0.2) is 37.6 Å². The number of nitrogens with two attached hydrogens (primary N) is 1. The van der Waals surface area contributed by atoms with Gasteiger partial charge in [0.25, 0.3) is 0 Å². The van der Waals surface area contributed by atoms with Crippen LogP contribution in [0.3, 0.4) is 0 Å². The minimum Gasteiger partial charge on any atom is -0.496 e. The SMILES string of the molecule is COc1ccccc1C(CNC(=O)CC(N)c1ccccc1)N1CCCC1. The summed E-state index contributed by atoms with van der Waals surface area (Å²) in [4.78, 5) is 14.9. The molecule has 1 heterocycles. The summed E-state index contributed by atoms with van der Waals surface area (Å²) in [7, 11) is 1.69. The van der Waals surface area contributed by atoms with E-state index in [2.05, 4.69) is 16.3 Å². The molecule has 3 rings (SSSR count). The van der Waals surface area contributed by atoms with Crippen molar-refractivity contribution in [2.75, 3.05) is 26.7 Å². The zero-order valence-electron chi connectivity index (χ0n) is 15.9. The van der Waals surface area contributed by atoms with Crippen LogP contribution in [0.4, 0.5) is 0 Å². The summed E-state index contributed by atoms with van der Waals surface area (Å²) in [5.41, 5.74) is 8.29. The first-order valence-corrected chi connectivity index (χ1v) is 9.63. The molecule has 144 valence electrons. The van der Waals surface area contributed by atoms with Gasteiger partial charge in [0.2, 0.25) is 5.91 Å². The fourth-order valence-corrected chi connectivity index (χ4v) is 3.73. The van der Waals surface area contributed by atoms with Crippen LogP contribution in [-0.2, 0) is 4.79 Å². The number of carbonyl (C=O) groups excluding carboxylic acids is 1. The van der Waals surface area contributed by atoms with Gasteiger partial charge in [0.15, 0.2) is 0 Å². The third kappa shape index (κ3) is 5.08. The summed E-state index contributed by atoms with van der Waals surface area (Å²) in [5.74, 6) is 0.843. The van der Waals surface area contributed by atoms with E-state index in [1.807, 2.05) is 48.5 Å². The van der Waals surface area contributed by atoms with Gasteiger partial charge in [-0.25, -0.2) is 0 Å². The topological polar surface area (TPSA) is 67.6 Å². The monoisotopic (exact) mass is 367 g/mol. The zero-order valence-corrected chi connectivity index (χ0v) is 15.9. The normalized spacial score (nSPS) is 16.7. The van der Waals surface area contributed by atoms with E-state index in [4.69, 9.17) is 10.5 Å². The summed E-state index contributed by atoms with van der Waals surface area (Å²) in [6, 6.07) is 17.6. The lowest BCUT2D eigenvalue weighted by molar-refractivity contribution is -0.121. The molecule has 3 N–H and O–H groups in total. The number of para-hydroxylation sites is 1. The minimum atomic E-state index is -0.289. The van der Waals surface area contributed by atoms with Gasteiger partial charge in [-0.1, -0.05) is 48.5 Å². The molecule has 2 atom stereocenters. The highest BCUT2D eigenvalue weighted by molar-refractivity contribution is 5.76. The van der Waals surface area contributed by atoms with Crippen molar-refractivity contribution >= 4 is 5.91 Å². The van der Waals surface area contributed by atoms with Crippen LogP contribution >= 0.6 is 0 Å². The number of methoxy groups -OCH3 is 1. The minimum absolute atomic E-state index is 0.0227. The highest BCUT2D eigenvalue weighted by Gasteiger charge is 2.26. The van der Waals surface area contributed by atoms with Gasteiger partial charge in [0.05, 0.1) is 13.2 Å². The standard InChI is InChI=1S/C22H29N3O2/c1-27-21-12-6-5-11-18(21)20(25-13-7-8-14-25)16-24-22(26)15-19(23)17-9-3-2-4-10-17/h2-6,9-12,19-20H,7-8,13-16,23H2,1H3,(H,24,26). The Labute approximate surface area is 161 Å². The number of carbonyl (C=O) groups is 1. The van der Waals surface area contributed by atoms with Crippen LogP contribution in [0.1, 0.15) is 42.5 Å². The number of amides is 1. The lowest BCUT2D eigenvalue weighted by atomic mass is 10.0. The van der Waals surface area contributed by atoms with E-state index in [1.54, 1.807) is 7.11 Å². The van der Waals surface area contributed by atoms with Crippen LogP contribution in [0.25, 0.3) is 0 Å². The van der Waals surface area contributed by atoms with Crippen molar-refractivity contribution in [2.24, 2.45) is 5.73 Å².